The molecule has 0 radical (unpaired) electrons. The topological polar surface area (TPSA) is 23.8 Å². The van der Waals surface area contributed by atoms with Gasteiger partial charge in [-0.15, -0.1) is 0 Å². The van der Waals surface area contributed by atoms with Gasteiger partial charge in [0.2, 0.25) is 0 Å². The van der Waals surface area contributed by atoms with Crippen molar-refractivity contribution in [2.75, 3.05) is 0 Å². The molecule has 1 fully saturated rings. The van der Waals surface area contributed by atoms with Crippen molar-refractivity contribution in [3.8, 4) is 6.07 Å². The lowest BCUT2D eigenvalue weighted by molar-refractivity contribution is 0.300. The molecule has 1 aliphatic rings. The molecule has 2 rings (SSSR count). The summed E-state index contributed by atoms with van der Waals surface area (Å²) in [6, 6.07) is 4.70. The summed E-state index contributed by atoms with van der Waals surface area (Å²) in [6.45, 7) is 1.59. The molecule has 0 amide bonds. The van der Waals surface area contributed by atoms with Crippen LogP contribution in [0.5, 0.6) is 0 Å². The third kappa shape index (κ3) is 1.32. The van der Waals surface area contributed by atoms with E-state index in [1.54, 1.807) is 6.92 Å². The van der Waals surface area contributed by atoms with Gasteiger partial charge in [-0.3, -0.25) is 0 Å². The molecule has 0 saturated heterocycles. The van der Waals surface area contributed by atoms with Crippen molar-refractivity contribution in [3.05, 3.63) is 34.9 Å². The minimum absolute atomic E-state index is 0.0312. The summed E-state index contributed by atoms with van der Waals surface area (Å²) in [5.41, 5.74) is -0.552. The SMILES string of the molecule is Cc1ccc(F)c(C2(C#N)CCC2)c1F. The first-order valence-corrected chi connectivity index (χ1v) is 4.97. The standard InChI is InChI=1S/C12H11F2N/c1-8-3-4-9(13)10(11(8)14)12(7-15)5-2-6-12/h3-4H,2,5-6H2,1H3. The lowest BCUT2D eigenvalue weighted by atomic mass is 9.65. The Bertz CT molecular complexity index is 442. The molecule has 1 aromatic carbocycles. The molecular formula is C12H11F2N. The molecule has 15 heavy (non-hydrogen) atoms. The summed E-state index contributed by atoms with van der Waals surface area (Å²) in [5, 5.41) is 9.05. The number of aryl methyl sites for hydroxylation is 1. The summed E-state index contributed by atoms with van der Waals surface area (Å²) in [6.07, 6.45) is 1.97. The van der Waals surface area contributed by atoms with Crippen molar-refractivity contribution in [2.45, 2.75) is 31.6 Å². The zero-order valence-corrected chi connectivity index (χ0v) is 8.48. The van der Waals surface area contributed by atoms with Crippen molar-refractivity contribution in [1.82, 2.24) is 0 Å². The minimum atomic E-state index is -0.916. The van der Waals surface area contributed by atoms with E-state index >= 15 is 0 Å². The lowest BCUT2D eigenvalue weighted by Gasteiger charge is -2.36. The van der Waals surface area contributed by atoms with Gasteiger partial charge in [-0.05, 0) is 37.8 Å². The summed E-state index contributed by atoms with van der Waals surface area (Å²) < 4.78 is 27.3. The molecule has 0 unspecified atom stereocenters. The largest absolute Gasteiger partial charge is 0.207 e. The number of hydrogen-bond donors (Lipinski definition) is 0. The van der Waals surface area contributed by atoms with Gasteiger partial charge in [-0.25, -0.2) is 8.78 Å². The minimum Gasteiger partial charge on any atom is -0.207 e. The van der Waals surface area contributed by atoms with Gasteiger partial charge < -0.3 is 0 Å². The first-order chi connectivity index (χ1) is 7.10. The predicted octanol–water partition coefficient (Wildman–Crippen LogP) is 3.22. The van der Waals surface area contributed by atoms with Crippen LogP contribution in [-0.4, -0.2) is 0 Å². The highest BCUT2D eigenvalue weighted by Gasteiger charge is 2.43. The molecule has 1 aliphatic carbocycles. The maximum Gasteiger partial charge on any atom is 0.133 e. The summed E-state index contributed by atoms with van der Waals surface area (Å²) >= 11 is 0. The molecule has 1 nitrogen and oxygen atoms in total. The van der Waals surface area contributed by atoms with Crippen LogP contribution in [0.4, 0.5) is 8.78 Å². The van der Waals surface area contributed by atoms with Crippen molar-refractivity contribution in [2.24, 2.45) is 0 Å². The van der Waals surface area contributed by atoms with E-state index in [0.29, 0.717) is 18.4 Å². The van der Waals surface area contributed by atoms with E-state index in [-0.39, 0.29) is 5.56 Å². The summed E-state index contributed by atoms with van der Waals surface area (Å²) in [4.78, 5) is 0. The van der Waals surface area contributed by atoms with Gasteiger partial charge in [0.1, 0.15) is 11.6 Å². The first-order valence-electron chi connectivity index (χ1n) is 4.97. The van der Waals surface area contributed by atoms with E-state index in [0.717, 1.165) is 6.42 Å². The molecular weight excluding hydrogens is 196 g/mol. The van der Waals surface area contributed by atoms with Gasteiger partial charge >= 0.3 is 0 Å². The van der Waals surface area contributed by atoms with E-state index in [4.69, 9.17) is 5.26 Å². The van der Waals surface area contributed by atoms with Crippen LogP contribution in [0, 0.1) is 29.9 Å². The van der Waals surface area contributed by atoms with Gasteiger partial charge in [-0.1, -0.05) is 6.07 Å². The summed E-state index contributed by atoms with van der Waals surface area (Å²) in [5.74, 6) is -1.16. The van der Waals surface area contributed by atoms with Gasteiger partial charge in [0.05, 0.1) is 11.5 Å². The van der Waals surface area contributed by atoms with Crippen LogP contribution in [0.25, 0.3) is 0 Å². The van der Waals surface area contributed by atoms with Crippen LogP contribution >= 0.6 is 0 Å². The molecule has 0 aromatic heterocycles. The number of benzene rings is 1. The fourth-order valence-electron chi connectivity index (χ4n) is 2.04. The Hall–Kier alpha value is -1.43. The van der Waals surface area contributed by atoms with E-state index < -0.39 is 17.0 Å². The fourth-order valence-corrected chi connectivity index (χ4v) is 2.04. The van der Waals surface area contributed by atoms with Crippen LogP contribution in [0.15, 0.2) is 12.1 Å². The Balaban J connectivity index is 2.62. The molecule has 0 atom stereocenters. The van der Waals surface area contributed by atoms with Gasteiger partial charge in [0.15, 0.2) is 0 Å². The Morgan fingerprint density at radius 3 is 2.47 bits per heavy atom. The maximum absolute atomic E-state index is 13.8. The molecule has 1 aromatic rings. The Labute approximate surface area is 87.3 Å². The molecule has 1 saturated carbocycles. The quantitative estimate of drug-likeness (QED) is 0.693. The Kier molecular flexibility index (Phi) is 2.22. The van der Waals surface area contributed by atoms with Crippen molar-refractivity contribution >= 4 is 0 Å². The van der Waals surface area contributed by atoms with E-state index in [1.807, 2.05) is 0 Å². The van der Waals surface area contributed by atoms with Crippen LogP contribution in [0.3, 0.4) is 0 Å². The Morgan fingerprint density at radius 1 is 1.33 bits per heavy atom. The third-order valence-electron chi connectivity index (χ3n) is 3.18. The monoisotopic (exact) mass is 207 g/mol. The average Bonchev–Trinajstić information content (AvgIpc) is 2.16. The second-order valence-electron chi connectivity index (χ2n) is 4.10. The zero-order valence-electron chi connectivity index (χ0n) is 8.48. The number of nitrogens with zero attached hydrogens (tertiary/aromatic N) is 1. The maximum atomic E-state index is 13.8. The zero-order chi connectivity index (χ0) is 11.1. The molecule has 0 N–H and O–H groups in total. The van der Waals surface area contributed by atoms with Crippen LogP contribution in [0.1, 0.15) is 30.4 Å². The van der Waals surface area contributed by atoms with Crippen LogP contribution < -0.4 is 0 Å². The molecule has 0 heterocycles. The third-order valence-corrected chi connectivity index (χ3v) is 3.18. The molecule has 0 aliphatic heterocycles. The van der Waals surface area contributed by atoms with Gasteiger partial charge in [0.25, 0.3) is 0 Å². The summed E-state index contributed by atoms with van der Waals surface area (Å²) in [7, 11) is 0. The molecule has 3 heteroatoms. The van der Waals surface area contributed by atoms with Gasteiger partial charge in [0, 0.05) is 5.56 Å². The molecule has 0 bridgehead atoms. The predicted molar refractivity (Wildman–Crippen MR) is 52.2 cm³/mol. The van der Waals surface area contributed by atoms with Crippen LogP contribution in [-0.2, 0) is 5.41 Å². The van der Waals surface area contributed by atoms with Crippen molar-refractivity contribution in [3.63, 3.8) is 0 Å². The number of halogens is 2. The van der Waals surface area contributed by atoms with Crippen LogP contribution in [0.2, 0.25) is 0 Å². The van der Waals surface area contributed by atoms with E-state index in [9.17, 15) is 8.78 Å². The second kappa shape index (κ2) is 3.30. The van der Waals surface area contributed by atoms with Crippen molar-refractivity contribution < 1.29 is 8.78 Å². The smallest absolute Gasteiger partial charge is 0.133 e. The normalized spacial score (nSPS) is 18.0. The number of hydrogen-bond acceptors (Lipinski definition) is 1. The van der Waals surface area contributed by atoms with Gasteiger partial charge in [-0.2, -0.15) is 5.26 Å². The number of nitriles is 1. The highest BCUT2D eigenvalue weighted by atomic mass is 19.1. The Morgan fingerprint density at radius 2 is 2.00 bits per heavy atom. The average molecular weight is 207 g/mol. The molecule has 78 valence electrons. The molecule has 0 spiro atoms. The number of rotatable bonds is 1. The second-order valence-corrected chi connectivity index (χ2v) is 4.10. The fraction of sp³-hybridized carbons (Fsp3) is 0.417. The lowest BCUT2D eigenvalue weighted by Crippen LogP contribution is -2.34. The first kappa shape index (κ1) is 10.1. The van der Waals surface area contributed by atoms with E-state index in [2.05, 4.69) is 6.07 Å². The van der Waals surface area contributed by atoms with Crippen molar-refractivity contribution in [1.29, 1.82) is 5.26 Å². The van der Waals surface area contributed by atoms with E-state index in [1.165, 1.54) is 12.1 Å². The highest BCUT2D eigenvalue weighted by Crippen LogP contribution is 2.45. The highest BCUT2D eigenvalue weighted by molar-refractivity contribution is 5.40.